The molecule has 0 spiro atoms. The molecule has 0 saturated carbocycles. The van der Waals surface area contributed by atoms with Crippen LogP contribution >= 0.6 is 11.6 Å². The zero-order valence-corrected chi connectivity index (χ0v) is 13.2. The molecule has 0 aliphatic rings. The van der Waals surface area contributed by atoms with Crippen LogP contribution in [0.3, 0.4) is 0 Å². The summed E-state index contributed by atoms with van der Waals surface area (Å²) in [4.78, 5) is 12.4. The maximum atomic E-state index is 12.2. The Morgan fingerprint density at radius 2 is 2.14 bits per heavy atom. The molecular formula is C15H16ClNO3S. The lowest BCUT2D eigenvalue weighted by atomic mass is 10.4. The fraction of sp³-hybridized carbons (Fsp3) is 0.267. The van der Waals surface area contributed by atoms with Gasteiger partial charge in [-0.1, -0.05) is 24.6 Å². The Kier molecular flexibility index (Phi) is 5.59. The molecule has 4 nitrogen and oxygen atoms in total. The number of nitrogens with one attached hydrogen (secondary N) is 1. The van der Waals surface area contributed by atoms with Crippen LogP contribution in [-0.4, -0.2) is 16.7 Å². The normalized spacial score (nSPS) is 12.1. The average molecular weight is 326 g/mol. The third-order valence-electron chi connectivity index (χ3n) is 2.75. The molecule has 1 aromatic heterocycles. The number of carbonyl (C=O) groups is 1. The van der Waals surface area contributed by atoms with Crippen molar-refractivity contribution < 1.29 is 13.4 Å². The lowest BCUT2D eigenvalue weighted by Gasteiger charge is -2.01. The van der Waals surface area contributed by atoms with Gasteiger partial charge < -0.3 is 9.73 Å². The third-order valence-corrected chi connectivity index (χ3v) is 4.31. The molecule has 1 amide bonds. The molecule has 6 heteroatoms. The highest BCUT2D eigenvalue weighted by molar-refractivity contribution is 7.84. The van der Waals surface area contributed by atoms with Crippen molar-refractivity contribution >= 4 is 28.3 Å². The fourth-order valence-electron chi connectivity index (χ4n) is 1.72. The van der Waals surface area contributed by atoms with E-state index in [-0.39, 0.29) is 17.4 Å². The van der Waals surface area contributed by atoms with Gasteiger partial charge in [0, 0.05) is 16.5 Å². The van der Waals surface area contributed by atoms with Gasteiger partial charge in [-0.05, 0) is 36.8 Å². The minimum Gasteiger partial charge on any atom is -0.455 e. The fourth-order valence-corrected chi connectivity index (χ4v) is 3.05. The van der Waals surface area contributed by atoms with Crippen molar-refractivity contribution in [3.8, 4) is 0 Å². The molecule has 2 rings (SSSR count). The van der Waals surface area contributed by atoms with E-state index < -0.39 is 10.8 Å². The Bertz CT molecular complexity index is 654. The lowest BCUT2D eigenvalue weighted by Crippen LogP contribution is -2.23. The second-order valence-corrected chi connectivity index (χ2v) is 6.36. The second-order valence-electron chi connectivity index (χ2n) is 4.47. The summed E-state index contributed by atoms with van der Waals surface area (Å²) >= 11 is 5.88. The molecule has 1 aromatic carbocycles. The molecular weight excluding hydrogens is 310 g/mol. The van der Waals surface area contributed by atoms with Crippen molar-refractivity contribution in [2.45, 2.75) is 24.0 Å². The SMILES string of the molecule is CCCNC(=O)c1ccc(CS(=O)c2cccc(Cl)c2)o1. The van der Waals surface area contributed by atoms with Gasteiger partial charge in [-0.2, -0.15) is 0 Å². The number of furan rings is 1. The van der Waals surface area contributed by atoms with E-state index in [4.69, 9.17) is 16.0 Å². The van der Waals surface area contributed by atoms with Crippen LogP contribution in [0.25, 0.3) is 0 Å². The first-order valence-electron chi connectivity index (χ1n) is 6.61. The van der Waals surface area contributed by atoms with E-state index in [9.17, 15) is 9.00 Å². The minimum absolute atomic E-state index is 0.210. The van der Waals surface area contributed by atoms with Gasteiger partial charge in [0.1, 0.15) is 5.76 Å². The van der Waals surface area contributed by atoms with E-state index in [1.807, 2.05) is 6.92 Å². The van der Waals surface area contributed by atoms with Crippen LogP contribution in [-0.2, 0) is 16.6 Å². The molecule has 0 aliphatic heterocycles. The molecule has 112 valence electrons. The predicted molar refractivity (Wildman–Crippen MR) is 82.9 cm³/mol. The summed E-state index contributed by atoms with van der Waals surface area (Å²) in [5, 5.41) is 3.27. The Morgan fingerprint density at radius 3 is 2.86 bits per heavy atom. The molecule has 0 saturated heterocycles. The standard InChI is InChI=1S/C15H16ClNO3S/c1-2-8-17-15(18)14-7-6-12(20-14)10-21(19)13-5-3-4-11(16)9-13/h3-7,9H,2,8,10H2,1H3,(H,17,18). The van der Waals surface area contributed by atoms with Crippen LogP contribution in [0.1, 0.15) is 29.7 Å². The van der Waals surface area contributed by atoms with Crippen molar-refractivity contribution in [1.82, 2.24) is 5.32 Å². The highest BCUT2D eigenvalue weighted by atomic mass is 35.5. The zero-order chi connectivity index (χ0) is 15.2. The van der Waals surface area contributed by atoms with E-state index in [2.05, 4.69) is 5.32 Å². The van der Waals surface area contributed by atoms with Gasteiger partial charge >= 0.3 is 0 Å². The van der Waals surface area contributed by atoms with Gasteiger partial charge in [0.2, 0.25) is 0 Å². The molecule has 1 unspecified atom stereocenters. The average Bonchev–Trinajstić information content (AvgIpc) is 2.93. The van der Waals surface area contributed by atoms with Gasteiger partial charge in [-0.25, -0.2) is 0 Å². The van der Waals surface area contributed by atoms with E-state index in [1.165, 1.54) is 0 Å². The zero-order valence-electron chi connectivity index (χ0n) is 11.6. The molecule has 0 aliphatic carbocycles. The number of carbonyl (C=O) groups excluding carboxylic acids is 1. The summed E-state index contributed by atoms with van der Waals surface area (Å²) in [7, 11) is -1.26. The Labute approximate surface area is 130 Å². The predicted octanol–water partition coefficient (Wildman–Crippen LogP) is 3.38. The van der Waals surface area contributed by atoms with Gasteiger partial charge in [0.05, 0.1) is 16.6 Å². The molecule has 1 N–H and O–H groups in total. The van der Waals surface area contributed by atoms with Crippen molar-refractivity contribution in [3.05, 3.63) is 52.9 Å². The first kappa shape index (κ1) is 15.8. The summed E-state index contributed by atoms with van der Waals surface area (Å²) in [6.45, 7) is 2.57. The highest BCUT2D eigenvalue weighted by Gasteiger charge is 2.13. The lowest BCUT2D eigenvalue weighted by molar-refractivity contribution is 0.0924. The first-order valence-corrected chi connectivity index (χ1v) is 8.30. The van der Waals surface area contributed by atoms with Crippen molar-refractivity contribution in [1.29, 1.82) is 0 Å². The second kappa shape index (κ2) is 7.43. The number of amides is 1. The minimum atomic E-state index is -1.26. The van der Waals surface area contributed by atoms with Crippen molar-refractivity contribution in [3.63, 3.8) is 0 Å². The highest BCUT2D eigenvalue weighted by Crippen LogP contribution is 2.18. The quantitative estimate of drug-likeness (QED) is 0.885. The number of benzene rings is 1. The molecule has 1 heterocycles. The van der Waals surface area contributed by atoms with Crippen molar-refractivity contribution in [2.24, 2.45) is 0 Å². The summed E-state index contributed by atoms with van der Waals surface area (Å²) in [6.07, 6.45) is 0.859. The summed E-state index contributed by atoms with van der Waals surface area (Å²) in [6, 6.07) is 10.2. The largest absolute Gasteiger partial charge is 0.455 e. The molecule has 1 atom stereocenters. The number of hydrogen-bond acceptors (Lipinski definition) is 3. The summed E-state index contributed by atoms with van der Waals surface area (Å²) < 4.78 is 17.6. The van der Waals surface area contributed by atoms with Gasteiger partial charge in [-0.3, -0.25) is 9.00 Å². The molecule has 2 aromatic rings. The van der Waals surface area contributed by atoms with Gasteiger partial charge in [-0.15, -0.1) is 0 Å². The molecule has 0 bridgehead atoms. The van der Waals surface area contributed by atoms with E-state index in [0.717, 1.165) is 6.42 Å². The molecule has 0 fully saturated rings. The summed E-state index contributed by atoms with van der Waals surface area (Å²) in [5.74, 6) is 0.703. The molecule has 0 radical (unpaired) electrons. The monoisotopic (exact) mass is 325 g/mol. The van der Waals surface area contributed by atoms with Crippen molar-refractivity contribution in [2.75, 3.05) is 6.54 Å². The van der Waals surface area contributed by atoms with Crippen LogP contribution < -0.4 is 5.32 Å². The molecule has 21 heavy (non-hydrogen) atoms. The van der Waals surface area contributed by atoms with Crippen LogP contribution in [0.15, 0.2) is 45.7 Å². The summed E-state index contributed by atoms with van der Waals surface area (Å²) in [5.41, 5.74) is 0. The Balaban J connectivity index is 2.02. The van der Waals surface area contributed by atoms with E-state index in [0.29, 0.717) is 22.2 Å². The Morgan fingerprint density at radius 1 is 1.33 bits per heavy atom. The maximum Gasteiger partial charge on any atom is 0.286 e. The van der Waals surface area contributed by atoms with Gasteiger partial charge in [0.25, 0.3) is 5.91 Å². The number of rotatable bonds is 6. The first-order chi connectivity index (χ1) is 10.1. The van der Waals surface area contributed by atoms with Crippen LogP contribution in [0.5, 0.6) is 0 Å². The topological polar surface area (TPSA) is 59.3 Å². The van der Waals surface area contributed by atoms with E-state index in [1.54, 1.807) is 36.4 Å². The Hall–Kier alpha value is -1.59. The number of halogens is 1. The van der Waals surface area contributed by atoms with Gasteiger partial charge in [0.15, 0.2) is 5.76 Å². The number of hydrogen-bond donors (Lipinski definition) is 1. The third kappa shape index (κ3) is 4.44. The van der Waals surface area contributed by atoms with Crippen LogP contribution in [0, 0.1) is 0 Å². The van der Waals surface area contributed by atoms with Crippen LogP contribution in [0.4, 0.5) is 0 Å². The van der Waals surface area contributed by atoms with E-state index >= 15 is 0 Å². The van der Waals surface area contributed by atoms with Crippen LogP contribution in [0.2, 0.25) is 5.02 Å². The smallest absolute Gasteiger partial charge is 0.286 e. The maximum absolute atomic E-state index is 12.2.